The van der Waals surface area contributed by atoms with Crippen molar-refractivity contribution in [1.29, 1.82) is 0 Å². The van der Waals surface area contributed by atoms with Crippen LogP contribution in [0.2, 0.25) is 0 Å². The van der Waals surface area contributed by atoms with Crippen LogP contribution in [0, 0.1) is 0 Å². The molecule has 1 aliphatic heterocycles. The van der Waals surface area contributed by atoms with Crippen LogP contribution in [0.15, 0.2) is 65.9 Å². The number of Topliss-reactive ketones (excluding diaryl/α,β-unsaturated/α-hetero) is 1. The molecule has 29 heavy (non-hydrogen) atoms. The molecule has 1 atom stereocenters. The van der Waals surface area contributed by atoms with Gasteiger partial charge in [0.1, 0.15) is 5.75 Å². The largest absolute Gasteiger partial charge is 0.494 e. The van der Waals surface area contributed by atoms with E-state index in [0.717, 1.165) is 42.0 Å². The Balaban J connectivity index is 2.01. The highest BCUT2D eigenvalue weighted by Crippen LogP contribution is 2.33. The zero-order valence-corrected chi connectivity index (χ0v) is 18.1. The number of hydrogen-bond acceptors (Lipinski definition) is 3. The van der Waals surface area contributed by atoms with Gasteiger partial charge >= 0.3 is 0 Å². The number of carbonyl (C=O) groups is 1. The topological polar surface area (TPSA) is 41.6 Å². The molecule has 0 aromatic heterocycles. The highest BCUT2D eigenvalue weighted by molar-refractivity contribution is 7.80. The van der Waals surface area contributed by atoms with E-state index in [1.54, 1.807) is 0 Å². The molecular formula is C24H28N2O2S. The monoisotopic (exact) mass is 408 g/mol. The lowest BCUT2D eigenvalue weighted by Crippen LogP contribution is -2.47. The number of nitrogens with one attached hydrogen (secondary N) is 1. The van der Waals surface area contributed by atoms with Crippen LogP contribution in [0.25, 0.3) is 0 Å². The van der Waals surface area contributed by atoms with E-state index in [-0.39, 0.29) is 11.8 Å². The van der Waals surface area contributed by atoms with Crippen LogP contribution < -0.4 is 10.1 Å². The molecule has 3 rings (SSSR count). The van der Waals surface area contributed by atoms with E-state index >= 15 is 0 Å². The van der Waals surface area contributed by atoms with Crippen molar-refractivity contribution >= 4 is 23.1 Å². The molecule has 0 aliphatic carbocycles. The van der Waals surface area contributed by atoms with Crippen molar-refractivity contribution < 1.29 is 9.53 Å². The van der Waals surface area contributed by atoms with Gasteiger partial charge in [-0.15, -0.1) is 0 Å². The number of thiocarbonyl (C=S) groups is 1. The standard InChI is InChI=1S/C24H28N2O2S/c1-4-15-26-17(3)21(23(27)19-9-7-6-8-10-19)22(25-24(26)29)18-11-13-20(14-12-18)28-16-5-2/h6-14,22H,4-5,15-16H2,1-3H3,(H,25,29). The van der Waals surface area contributed by atoms with Crippen LogP contribution >= 0.6 is 12.2 Å². The van der Waals surface area contributed by atoms with E-state index in [0.29, 0.717) is 17.3 Å². The van der Waals surface area contributed by atoms with Crippen LogP contribution in [0.4, 0.5) is 0 Å². The molecule has 2 aromatic rings. The van der Waals surface area contributed by atoms with Crippen molar-refractivity contribution in [3.8, 4) is 5.75 Å². The summed E-state index contributed by atoms with van der Waals surface area (Å²) in [7, 11) is 0. The second-order valence-electron chi connectivity index (χ2n) is 7.15. The van der Waals surface area contributed by atoms with Gasteiger partial charge in [0, 0.05) is 23.4 Å². The van der Waals surface area contributed by atoms with Crippen molar-refractivity contribution in [2.45, 2.75) is 39.7 Å². The minimum absolute atomic E-state index is 0.0236. The number of ether oxygens (including phenoxy) is 1. The fourth-order valence-corrected chi connectivity index (χ4v) is 3.89. The Morgan fingerprint density at radius 2 is 1.76 bits per heavy atom. The lowest BCUT2D eigenvalue weighted by Gasteiger charge is -2.38. The van der Waals surface area contributed by atoms with E-state index in [4.69, 9.17) is 17.0 Å². The molecule has 0 amide bonds. The fourth-order valence-electron chi connectivity index (χ4n) is 3.54. The van der Waals surface area contributed by atoms with E-state index in [1.807, 2.05) is 66.4 Å². The summed E-state index contributed by atoms with van der Waals surface area (Å²) in [5.74, 6) is 0.855. The summed E-state index contributed by atoms with van der Waals surface area (Å²) in [5.41, 5.74) is 3.33. The molecular weight excluding hydrogens is 380 g/mol. The van der Waals surface area contributed by atoms with E-state index in [1.165, 1.54) is 0 Å². The highest BCUT2D eigenvalue weighted by Gasteiger charge is 2.33. The SMILES string of the molecule is CCCOc1ccc(C2NC(=S)N(CCC)C(C)=C2C(=O)c2ccccc2)cc1. The van der Waals surface area contributed by atoms with Gasteiger partial charge in [-0.3, -0.25) is 4.79 Å². The number of hydrogen-bond donors (Lipinski definition) is 1. The first-order chi connectivity index (χ1) is 14.1. The lowest BCUT2D eigenvalue weighted by molar-refractivity contribution is 0.102. The van der Waals surface area contributed by atoms with Crippen LogP contribution in [-0.4, -0.2) is 28.9 Å². The quantitative estimate of drug-likeness (QED) is 0.476. The number of benzene rings is 2. The Hall–Kier alpha value is -2.66. The number of ketones is 1. The van der Waals surface area contributed by atoms with Crippen molar-refractivity contribution in [2.24, 2.45) is 0 Å². The molecule has 0 saturated carbocycles. The van der Waals surface area contributed by atoms with Crippen LogP contribution in [0.1, 0.15) is 55.6 Å². The van der Waals surface area contributed by atoms with Gasteiger partial charge in [0.25, 0.3) is 0 Å². The molecule has 0 fully saturated rings. The Kier molecular flexibility index (Phi) is 7.04. The van der Waals surface area contributed by atoms with Gasteiger partial charge in [-0.1, -0.05) is 56.3 Å². The third-order valence-corrected chi connectivity index (χ3v) is 5.35. The molecule has 2 aromatic carbocycles. The maximum Gasteiger partial charge on any atom is 0.193 e. The Morgan fingerprint density at radius 1 is 1.07 bits per heavy atom. The number of allylic oxidation sites excluding steroid dienone is 1. The Bertz CT molecular complexity index is 891. The van der Waals surface area contributed by atoms with Gasteiger partial charge in [0.2, 0.25) is 0 Å². The van der Waals surface area contributed by atoms with Crippen molar-refractivity contribution in [3.63, 3.8) is 0 Å². The van der Waals surface area contributed by atoms with Gasteiger partial charge in [-0.05, 0) is 49.7 Å². The molecule has 0 bridgehead atoms. The summed E-state index contributed by atoms with van der Waals surface area (Å²) in [6.45, 7) is 7.65. The van der Waals surface area contributed by atoms with Gasteiger partial charge < -0.3 is 15.0 Å². The van der Waals surface area contributed by atoms with E-state index in [9.17, 15) is 4.79 Å². The first-order valence-electron chi connectivity index (χ1n) is 10.2. The second kappa shape index (κ2) is 9.70. The fraction of sp³-hybridized carbons (Fsp3) is 0.333. The second-order valence-corrected chi connectivity index (χ2v) is 7.53. The van der Waals surface area contributed by atoms with Crippen LogP contribution in [0.5, 0.6) is 5.75 Å². The number of rotatable bonds is 8. The van der Waals surface area contributed by atoms with Gasteiger partial charge in [0.05, 0.1) is 12.6 Å². The Morgan fingerprint density at radius 3 is 2.38 bits per heavy atom. The molecule has 4 nitrogen and oxygen atoms in total. The molecule has 0 spiro atoms. The molecule has 0 saturated heterocycles. The van der Waals surface area contributed by atoms with Crippen LogP contribution in [0.3, 0.4) is 0 Å². The summed E-state index contributed by atoms with van der Waals surface area (Å²) in [6.07, 6.45) is 1.91. The predicted octanol–water partition coefficient (Wildman–Crippen LogP) is 5.27. The van der Waals surface area contributed by atoms with Gasteiger partial charge in [-0.25, -0.2) is 0 Å². The number of carbonyl (C=O) groups excluding carboxylic acids is 1. The summed E-state index contributed by atoms with van der Waals surface area (Å²) >= 11 is 5.63. The summed E-state index contributed by atoms with van der Waals surface area (Å²) in [6, 6.07) is 17.1. The Labute approximate surface area is 178 Å². The smallest absolute Gasteiger partial charge is 0.193 e. The first kappa shape index (κ1) is 21.1. The maximum absolute atomic E-state index is 13.5. The minimum Gasteiger partial charge on any atom is -0.494 e. The van der Waals surface area contributed by atoms with Gasteiger partial charge in [0.15, 0.2) is 10.9 Å². The number of nitrogens with zero attached hydrogens (tertiary/aromatic N) is 1. The average molecular weight is 409 g/mol. The summed E-state index contributed by atoms with van der Waals surface area (Å²) < 4.78 is 5.70. The molecule has 1 aliphatic rings. The highest BCUT2D eigenvalue weighted by atomic mass is 32.1. The lowest BCUT2D eigenvalue weighted by atomic mass is 9.89. The zero-order chi connectivity index (χ0) is 20.8. The van der Waals surface area contributed by atoms with Crippen LogP contribution in [-0.2, 0) is 0 Å². The van der Waals surface area contributed by atoms with Crippen molar-refractivity contribution in [2.75, 3.05) is 13.2 Å². The summed E-state index contributed by atoms with van der Waals surface area (Å²) in [4.78, 5) is 15.5. The van der Waals surface area contributed by atoms with Gasteiger partial charge in [-0.2, -0.15) is 0 Å². The third kappa shape index (κ3) is 4.67. The van der Waals surface area contributed by atoms with Crippen molar-refractivity contribution in [3.05, 3.63) is 77.0 Å². The van der Waals surface area contributed by atoms with Crippen molar-refractivity contribution in [1.82, 2.24) is 10.2 Å². The molecule has 1 heterocycles. The molecule has 152 valence electrons. The van der Waals surface area contributed by atoms with E-state index in [2.05, 4.69) is 19.2 Å². The minimum atomic E-state index is -0.288. The molecule has 1 N–H and O–H groups in total. The average Bonchev–Trinajstić information content (AvgIpc) is 2.75. The predicted molar refractivity (Wildman–Crippen MR) is 121 cm³/mol. The third-order valence-electron chi connectivity index (χ3n) is 5.01. The normalized spacial score (nSPS) is 16.6. The van der Waals surface area contributed by atoms with E-state index < -0.39 is 0 Å². The summed E-state index contributed by atoms with van der Waals surface area (Å²) in [5, 5.41) is 4.06. The molecule has 1 unspecified atom stereocenters. The molecule has 0 radical (unpaired) electrons. The molecule has 5 heteroatoms. The maximum atomic E-state index is 13.5. The first-order valence-corrected chi connectivity index (χ1v) is 10.6. The zero-order valence-electron chi connectivity index (χ0n) is 17.3.